The molecule has 2 saturated heterocycles. The molecule has 0 unspecified atom stereocenters. The number of rotatable bonds is 71. The first-order chi connectivity index (χ1) is 61.7. The summed E-state index contributed by atoms with van der Waals surface area (Å²) in [6, 6.07) is 0.0738. The number of carboxylic acid groups (broad SMARTS) is 2. The first-order valence-corrected chi connectivity index (χ1v) is 44.8. The first-order valence-electron chi connectivity index (χ1n) is 43.7. The van der Waals surface area contributed by atoms with Gasteiger partial charge in [0.05, 0.1) is 91.4 Å². The molecule has 2 heterocycles. The van der Waals surface area contributed by atoms with E-state index in [1.165, 1.54) is 20.8 Å². The van der Waals surface area contributed by atoms with Gasteiger partial charge < -0.3 is 139 Å². The number of carbonyl (C=O) groups excluding carboxylic acids is 15. The quantitative estimate of drug-likeness (QED) is 0.0226. The number of carbonyl (C=O) groups is 17. The van der Waals surface area contributed by atoms with Crippen molar-refractivity contribution in [2.24, 2.45) is 23.3 Å². The third kappa shape index (κ3) is 46.0. The van der Waals surface area contributed by atoms with Crippen molar-refractivity contribution in [2.75, 3.05) is 144 Å². The molecule has 724 valence electrons. The fourth-order valence-electron chi connectivity index (χ4n) is 12.9. The van der Waals surface area contributed by atoms with E-state index in [1.807, 2.05) is 30.0 Å². The topological polar surface area (TPSA) is 637 Å². The molecule has 0 saturated carbocycles. The second-order valence-corrected chi connectivity index (χ2v) is 32.4. The smallest absolute Gasteiger partial charge is 0.315 e. The van der Waals surface area contributed by atoms with Crippen molar-refractivity contribution >= 4 is 123 Å². The van der Waals surface area contributed by atoms with Gasteiger partial charge in [0.2, 0.25) is 82.7 Å². The second-order valence-electron chi connectivity index (χ2n) is 31.1. The van der Waals surface area contributed by atoms with E-state index in [-0.39, 0.29) is 174 Å². The van der Waals surface area contributed by atoms with Gasteiger partial charge in [0.25, 0.3) is 0 Å². The van der Waals surface area contributed by atoms with E-state index in [1.54, 1.807) is 52.0 Å². The van der Waals surface area contributed by atoms with Crippen LogP contribution in [0.2, 0.25) is 0 Å². The lowest BCUT2D eigenvalue weighted by Gasteiger charge is -2.29. The molecule has 0 aliphatic carbocycles. The molecule has 4 rings (SSSR count). The van der Waals surface area contributed by atoms with Crippen LogP contribution >= 0.6 is 11.8 Å². The first kappa shape index (κ1) is 111. The Hall–Kier alpha value is -10.5. The number of urea groups is 1. The number of thioether (sulfide) groups is 1. The van der Waals surface area contributed by atoms with Gasteiger partial charge in [-0.1, -0.05) is 89.4 Å². The van der Waals surface area contributed by atoms with Crippen LogP contribution in [-0.4, -0.2) is 327 Å². The highest BCUT2D eigenvalue weighted by atomic mass is 32.2. The van der Waals surface area contributed by atoms with E-state index in [0.717, 1.165) is 35.8 Å². The van der Waals surface area contributed by atoms with Crippen molar-refractivity contribution in [1.29, 1.82) is 0 Å². The van der Waals surface area contributed by atoms with Crippen LogP contribution in [-0.2, 0) is 121 Å². The van der Waals surface area contributed by atoms with Crippen LogP contribution in [0.1, 0.15) is 138 Å². The van der Waals surface area contributed by atoms with Crippen LogP contribution in [0.3, 0.4) is 0 Å². The maximum atomic E-state index is 14.5. The number of hydrogen-bond acceptors (Lipinski definition) is 27. The molecule has 14 atom stereocenters. The number of benzene rings is 2. The number of carboxylic acids is 2. The Morgan fingerprint density at radius 2 is 0.837 bits per heavy atom. The van der Waals surface area contributed by atoms with Gasteiger partial charge >= 0.3 is 18.0 Å². The van der Waals surface area contributed by atoms with Gasteiger partial charge in [0, 0.05) is 62.9 Å². The molecule has 45 heteroatoms. The highest BCUT2D eigenvalue weighted by molar-refractivity contribution is 8.00. The Labute approximate surface area is 754 Å². The Morgan fingerprint density at radius 1 is 0.426 bits per heavy atom. The predicted molar refractivity (Wildman–Crippen MR) is 469 cm³/mol. The second kappa shape index (κ2) is 63.5. The largest absolute Gasteiger partial charge is 0.481 e. The minimum Gasteiger partial charge on any atom is -0.481 e. The number of hydrogen-bond donors (Lipinski definition) is 19. The number of primary amides is 1. The van der Waals surface area contributed by atoms with Gasteiger partial charge in [0.1, 0.15) is 80.8 Å². The summed E-state index contributed by atoms with van der Waals surface area (Å²) < 4.78 is 43.1. The Bertz CT molecular complexity index is 3910. The van der Waals surface area contributed by atoms with E-state index in [4.69, 9.17) is 49.4 Å². The number of aliphatic carboxylic acids is 2. The van der Waals surface area contributed by atoms with E-state index in [9.17, 15) is 91.7 Å². The lowest BCUT2D eigenvalue weighted by Crippen LogP contribution is -2.61. The van der Waals surface area contributed by atoms with Gasteiger partial charge in [0.15, 0.2) is 0 Å². The summed E-state index contributed by atoms with van der Waals surface area (Å²) in [4.78, 5) is 221. The van der Waals surface area contributed by atoms with E-state index >= 15 is 0 Å². The van der Waals surface area contributed by atoms with Crippen LogP contribution in [0.4, 0.5) is 4.79 Å². The summed E-state index contributed by atoms with van der Waals surface area (Å²) >= 11 is 1.86. The third-order valence-electron chi connectivity index (χ3n) is 20.7. The van der Waals surface area contributed by atoms with Crippen LogP contribution in [0.25, 0.3) is 10.8 Å². The van der Waals surface area contributed by atoms with Crippen molar-refractivity contribution in [2.45, 2.75) is 210 Å². The van der Waals surface area contributed by atoms with Crippen LogP contribution < -0.4 is 91.2 Å². The monoisotopic (exact) mass is 1850 g/mol. The normalized spacial score (nSPS) is 16.4. The van der Waals surface area contributed by atoms with Crippen LogP contribution in [0.5, 0.6) is 0 Å². The highest BCUT2D eigenvalue weighted by Gasteiger charge is 2.43. The van der Waals surface area contributed by atoms with E-state index in [2.05, 4.69) is 79.8 Å². The van der Waals surface area contributed by atoms with Gasteiger partial charge in [-0.15, -0.1) is 0 Å². The van der Waals surface area contributed by atoms with E-state index < -0.39 is 175 Å². The van der Waals surface area contributed by atoms with Crippen molar-refractivity contribution in [3.8, 4) is 0 Å². The molecule has 2 aromatic rings. The molecule has 2 aliphatic heterocycles. The Balaban J connectivity index is 1.11. The molecule has 0 spiro atoms. The molecule has 21 N–H and O–H groups in total. The average Bonchev–Trinajstić information content (AvgIpc) is 1.69. The molecule has 0 radical (unpaired) electrons. The van der Waals surface area contributed by atoms with Crippen molar-refractivity contribution < 1.29 is 130 Å². The maximum Gasteiger partial charge on any atom is 0.315 e. The molecule has 0 bridgehead atoms. The molecule has 2 aliphatic rings. The number of unbranched alkanes of at least 4 members (excludes halogenated alkanes) is 2. The predicted octanol–water partition coefficient (Wildman–Crippen LogP) is -3.44. The van der Waals surface area contributed by atoms with Gasteiger partial charge in [-0.05, 0) is 100 Å². The summed E-state index contributed by atoms with van der Waals surface area (Å²) in [6.07, 6.45) is 1.72. The molecule has 16 amide bonds. The van der Waals surface area contributed by atoms with E-state index in [0.29, 0.717) is 49.6 Å². The SMILES string of the molecule is CC[C@H](C)[C@H](NC(=O)[C@H](C)NC(=O)COCCOCCNC(=O)COCCOCCNC(=O)COCCOCCNC(=O)COCCOCCNC(=O)CCCC[C@@H]1SC[C@@H]2NC(=O)N[C@@H]21)C(=O)N[C@@H](CCC(=O)O)C(=O)N[C@@H](CCCCN)C(=O)N[C@@H](C)C(=O)N[C@@H](Cc1ccc2ccccc2c1)C(=O)N[C@@H](CCC(=O)O)C(=O)N[C@H](C(=O)N[C@@H](C)C(N)=O)[C@@H](C)CC. The molecule has 2 fully saturated rings. The Morgan fingerprint density at radius 3 is 1.33 bits per heavy atom. The number of nitrogens with two attached hydrogens (primary N) is 2. The molecule has 44 nitrogen and oxygen atoms in total. The Kier molecular flexibility index (Phi) is 54.5. The minimum absolute atomic E-state index is 0.0235. The third-order valence-corrected chi connectivity index (χ3v) is 22.2. The average molecular weight is 1850 g/mol. The molecular weight excluding hydrogens is 1710 g/mol. The maximum absolute atomic E-state index is 14.5. The number of nitrogens with one attached hydrogen (secondary N) is 15. The minimum atomic E-state index is -1.63. The molecule has 129 heavy (non-hydrogen) atoms. The zero-order valence-electron chi connectivity index (χ0n) is 74.7. The summed E-state index contributed by atoms with van der Waals surface area (Å²) in [7, 11) is 0. The van der Waals surface area contributed by atoms with Crippen molar-refractivity contribution in [3.63, 3.8) is 0 Å². The lowest BCUT2D eigenvalue weighted by molar-refractivity contribution is -0.139. The summed E-state index contributed by atoms with van der Waals surface area (Å²) in [5, 5.41) is 61.0. The molecule has 2 aromatic carbocycles. The summed E-state index contributed by atoms with van der Waals surface area (Å²) in [6.45, 7) is 12.4. The molecule has 0 aromatic heterocycles. The zero-order valence-corrected chi connectivity index (χ0v) is 75.6. The number of fused-ring (bicyclic) bond motifs is 2. The lowest BCUT2D eigenvalue weighted by atomic mass is 9.97. The summed E-state index contributed by atoms with van der Waals surface area (Å²) in [5.74, 6) is -13.0. The summed E-state index contributed by atoms with van der Waals surface area (Å²) in [5.41, 5.74) is 11.7. The van der Waals surface area contributed by atoms with Crippen molar-refractivity contribution in [3.05, 3.63) is 48.0 Å². The van der Waals surface area contributed by atoms with Crippen LogP contribution in [0, 0.1) is 11.8 Å². The van der Waals surface area contributed by atoms with Crippen molar-refractivity contribution in [1.82, 2.24) is 79.8 Å². The van der Waals surface area contributed by atoms with Gasteiger partial charge in [-0.25, -0.2) is 4.79 Å². The fraction of sp³-hybridized carbons (Fsp3) is 0.679. The van der Waals surface area contributed by atoms with Crippen LogP contribution in [0.15, 0.2) is 42.5 Å². The zero-order chi connectivity index (χ0) is 95.0. The highest BCUT2D eigenvalue weighted by Crippen LogP contribution is 2.33. The fourth-order valence-corrected chi connectivity index (χ4v) is 14.4. The van der Waals surface area contributed by atoms with Gasteiger partial charge in [-0.2, -0.15) is 11.8 Å². The number of amides is 16. The van der Waals surface area contributed by atoms with Gasteiger partial charge in [-0.3, -0.25) is 76.7 Å². The number of ether oxygens (including phenoxy) is 8. The molecular formula is C84H135N17O27S. The standard InChI is InChI=1S/C84H135N17O27S/c1-8-51(3)72(82(118)92-53(5)75(86)111)100-80(116)61(24-26-71(109)110)95-81(117)62(45-56-21-22-57-16-10-11-17-58(57)44-56)97-76(112)55(7)93-78(114)59(18-14-15-27-85)94-79(115)60(23-25-70(107)108)96-83(119)73(52(4)9-2)99-77(113)54(6)91-69(106)49-128-43-39-124-35-31-90-68(105)48-127-42-38-123-34-30-89-67(104)47-126-41-37-122-33-29-88-66(103)46-125-40-36-121-32-28-87-65(102)20-13-12-19-64-74-63(50-129-64)98-84(120)101-74/h10-11,16-17,21-22,44,51-55,59-64,72-74H,8-9,12-15,18-20,23-43,45-50,85H2,1-7H3,(H2,86,111)(H,87,102)(H,88,103)(H,89,104)(H,90,105)(H,91,106)(H,92,118)(H,93,114)(H,94,115)(H,95,117)(H,96,119)(H,97,112)(H,99,113)(H,100,116)(H,107,108)(H,109,110)(H2,98,101,120)/t51-,52-,53-,54-,55-,59-,60-,61-,62-,63-,64-,72-,73-,74-/m0/s1.